The van der Waals surface area contributed by atoms with Crippen molar-refractivity contribution in [3.63, 3.8) is 0 Å². The van der Waals surface area contributed by atoms with Crippen LogP contribution in [0.4, 0.5) is 18.9 Å². The van der Waals surface area contributed by atoms with Gasteiger partial charge in [0.1, 0.15) is 29.8 Å². The van der Waals surface area contributed by atoms with E-state index < -0.39 is 30.4 Å². The first-order valence-electron chi connectivity index (χ1n) is 10.2. The van der Waals surface area contributed by atoms with Gasteiger partial charge in [-0.15, -0.1) is 0 Å². The molecular formula is C23H18ClF3N4O4. The van der Waals surface area contributed by atoms with Crippen LogP contribution in [0.2, 0.25) is 5.02 Å². The number of aliphatic hydroxyl groups excluding tert-OH is 2. The van der Waals surface area contributed by atoms with Gasteiger partial charge >= 0.3 is 6.18 Å². The number of ether oxygens (including phenoxy) is 1. The van der Waals surface area contributed by atoms with Gasteiger partial charge in [-0.25, -0.2) is 4.98 Å². The van der Waals surface area contributed by atoms with Crippen LogP contribution in [-0.2, 0) is 6.18 Å². The first-order chi connectivity index (χ1) is 16.7. The minimum absolute atomic E-state index is 0.0366. The SMILES string of the molecule is O=C(Nc1cccc(OCC(O)CO)c1)c1cncc2[nH]c(-c3ccc(Cl)cc3C(F)(F)F)nc12. The number of hydrogen-bond acceptors (Lipinski definition) is 6. The van der Waals surface area contributed by atoms with E-state index in [0.717, 1.165) is 6.07 Å². The fourth-order valence-corrected chi connectivity index (χ4v) is 3.46. The molecule has 1 atom stereocenters. The number of fused-ring (bicyclic) bond motifs is 1. The number of halogens is 4. The number of carbonyl (C=O) groups excluding carboxylic acids is 1. The molecule has 0 aliphatic rings. The Morgan fingerprint density at radius 1 is 1.20 bits per heavy atom. The van der Waals surface area contributed by atoms with Gasteiger partial charge in [0.05, 0.1) is 29.4 Å². The molecule has 4 N–H and O–H groups in total. The third-order valence-corrected chi connectivity index (χ3v) is 5.16. The summed E-state index contributed by atoms with van der Waals surface area (Å²) in [5, 5.41) is 20.9. The second-order valence-electron chi connectivity index (χ2n) is 7.49. The molecule has 35 heavy (non-hydrogen) atoms. The summed E-state index contributed by atoms with van der Waals surface area (Å²) in [6.45, 7) is -0.600. The highest BCUT2D eigenvalue weighted by molar-refractivity contribution is 6.30. The number of aromatic amines is 1. The van der Waals surface area contributed by atoms with Crippen LogP contribution in [0.25, 0.3) is 22.4 Å². The third kappa shape index (κ3) is 5.53. The number of nitrogens with one attached hydrogen (secondary N) is 2. The van der Waals surface area contributed by atoms with E-state index in [-0.39, 0.29) is 39.6 Å². The fraction of sp³-hybridized carbons (Fsp3) is 0.174. The number of aromatic nitrogens is 3. The number of imidazole rings is 1. The molecule has 1 unspecified atom stereocenters. The van der Waals surface area contributed by atoms with E-state index in [0.29, 0.717) is 11.4 Å². The molecule has 2 aromatic carbocycles. The molecule has 1 amide bonds. The average Bonchev–Trinajstić information content (AvgIpc) is 3.26. The molecule has 0 fully saturated rings. The Kier molecular flexibility index (Phi) is 6.92. The lowest BCUT2D eigenvalue weighted by atomic mass is 10.1. The van der Waals surface area contributed by atoms with Crippen molar-refractivity contribution in [1.29, 1.82) is 0 Å². The zero-order chi connectivity index (χ0) is 25.2. The van der Waals surface area contributed by atoms with Gasteiger partial charge in [0.2, 0.25) is 0 Å². The van der Waals surface area contributed by atoms with Gasteiger partial charge in [0.25, 0.3) is 5.91 Å². The summed E-state index contributed by atoms with van der Waals surface area (Å²) in [6.07, 6.45) is -3.11. The highest BCUT2D eigenvalue weighted by Gasteiger charge is 2.35. The molecule has 0 saturated heterocycles. The van der Waals surface area contributed by atoms with Crippen molar-refractivity contribution in [1.82, 2.24) is 15.0 Å². The second kappa shape index (κ2) is 9.90. The highest BCUT2D eigenvalue weighted by Crippen LogP contribution is 2.38. The molecule has 8 nitrogen and oxygen atoms in total. The Labute approximate surface area is 201 Å². The van der Waals surface area contributed by atoms with Crippen LogP contribution in [0.15, 0.2) is 54.9 Å². The van der Waals surface area contributed by atoms with Gasteiger partial charge in [0, 0.05) is 28.5 Å². The first-order valence-corrected chi connectivity index (χ1v) is 10.6. The van der Waals surface area contributed by atoms with Crippen LogP contribution in [0.3, 0.4) is 0 Å². The molecule has 0 aliphatic heterocycles. The number of alkyl halides is 3. The summed E-state index contributed by atoms with van der Waals surface area (Å²) in [5.41, 5.74) is -0.393. The molecule has 12 heteroatoms. The summed E-state index contributed by atoms with van der Waals surface area (Å²) in [6, 6.07) is 9.65. The van der Waals surface area contributed by atoms with Crippen molar-refractivity contribution in [3.05, 3.63) is 71.0 Å². The largest absolute Gasteiger partial charge is 0.491 e. The van der Waals surface area contributed by atoms with Crippen LogP contribution in [0.1, 0.15) is 15.9 Å². The van der Waals surface area contributed by atoms with Gasteiger partial charge in [-0.1, -0.05) is 17.7 Å². The Balaban J connectivity index is 1.63. The normalized spacial score (nSPS) is 12.5. The van der Waals surface area contributed by atoms with E-state index in [9.17, 15) is 23.1 Å². The lowest BCUT2D eigenvalue weighted by molar-refractivity contribution is -0.137. The minimum atomic E-state index is -4.67. The number of pyridine rings is 1. The number of nitrogens with zero attached hydrogens (tertiary/aromatic N) is 2. The maximum Gasteiger partial charge on any atom is 0.417 e. The fourth-order valence-electron chi connectivity index (χ4n) is 3.29. The zero-order valence-electron chi connectivity index (χ0n) is 17.8. The lowest BCUT2D eigenvalue weighted by Gasteiger charge is -2.11. The number of amides is 1. The summed E-state index contributed by atoms with van der Waals surface area (Å²) >= 11 is 5.76. The molecule has 4 rings (SSSR count). The van der Waals surface area contributed by atoms with E-state index in [1.54, 1.807) is 18.2 Å². The van der Waals surface area contributed by atoms with Crippen LogP contribution < -0.4 is 10.1 Å². The van der Waals surface area contributed by atoms with Gasteiger partial charge in [-0.05, 0) is 30.3 Å². The molecule has 4 aromatic rings. The van der Waals surface area contributed by atoms with E-state index in [1.807, 2.05) is 0 Å². The van der Waals surface area contributed by atoms with E-state index >= 15 is 0 Å². The molecule has 2 heterocycles. The van der Waals surface area contributed by atoms with Crippen molar-refractivity contribution >= 4 is 34.2 Å². The van der Waals surface area contributed by atoms with Crippen LogP contribution in [0, 0.1) is 0 Å². The molecule has 0 bridgehead atoms. The number of hydrogen-bond donors (Lipinski definition) is 4. The highest BCUT2D eigenvalue weighted by atomic mass is 35.5. The summed E-state index contributed by atoms with van der Waals surface area (Å²) in [7, 11) is 0. The quantitative estimate of drug-likeness (QED) is 0.297. The number of rotatable bonds is 7. The monoisotopic (exact) mass is 506 g/mol. The molecule has 2 aromatic heterocycles. The Morgan fingerprint density at radius 2 is 2.00 bits per heavy atom. The number of aliphatic hydroxyl groups is 2. The Bertz CT molecular complexity index is 1380. The van der Waals surface area contributed by atoms with Crippen molar-refractivity contribution in [2.75, 3.05) is 18.5 Å². The summed E-state index contributed by atoms with van der Waals surface area (Å²) in [4.78, 5) is 24.0. The molecular weight excluding hydrogens is 489 g/mol. The molecule has 0 radical (unpaired) electrons. The predicted octanol–water partition coefficient (Wildman–Crippen LogP) is 4.28. The lowest BCUT2D eigenvalue weighted by Crippen LogP contribution is -2.21. The topological polar surface area (TPSA) is 120 Å². The summed E-state index contributed by atoms with van der Waals surface area (Å²) < 4.78 is 46.0. The first kappa shape index (κ1) is 24.5. The van der Waals surface area contributed by atoms with E-state index in [1.165, 1.54) is 30.6 Å². The zero-order valence-corrected chi connectivity index (χ0v) is 18.6. The second-order valence-corrected chi connectivity index (χ2v) is 7.92. The average molecular weight is 507 g/mol. The van der Waals surface area contributed by atoms with Gasteiger partial charge in [-0.2, -0.15) is 13.2 Å². The third-order valence-electron chi connectivity index (χ3n) is 4.93. The number of benzene rings is 2. The van der Waals surface area contributed by atoms with Crippen LogP contribution in [-0.4, -0.2) is 50.4 Å². The predicted molar refractivity (Wildman–Crippen MR) is 122 cm³/mol. The Hall–Kier alpha value is -3.67. The molecule has 0 aliphatic carbocycles. The number of carbonyl (C=O) groups is 1. The van der Waals surface area contributed by atoms with Crippen LogP contribution >= 0.6 is 11.6 Å². The van der Waals surface area contributed by atoms with Gasteiger partial charge in [-0.3, -0.25) is 9.78 Å². The summed E-state index contributed by atoms with van der Waals surface area (Å²) in [5.74, 6) is -0.346. The van der Waals surface area contributed by atoms with Crippen molar-refractivity contribution < 1.29 is 32.9 Å². The van der Waals surface area contributed by atoms with Crippen molar-refractivity contribution in [3.8, 4) is 17.1 Å². The van der Waals surface area contributed by atoms with Gasteiger partial charge in [0.15, 0.2) is 0 Å². The number of H-pyrrole nitrogens is 1. The maximum atomic E-state index is 13.6. The van der Waals surface area contributed by atoms with E-state index in [4.69, 9.17) is 21.4 Å². The number of anilines is 1. The van der Waals surface area contributed by atoms with Crippen molar-refractivity contribution in [2.45, 2.75) is 12.3 Å². The van der Waals surface area contributed by atoms with Crippen molar-refractivity contribution in [2.24, 2.45) is 0 Å². The molecule has 0 spiro atoms. The standard InChI is InChI=1S/C23H18ClF3N4O4/c24-12-4-5-16(18(6-12)23(25,26)27)21-30-19-9-28-8-17(20(19)31-21)22(34)29-13-2-1-3-15(7-13)35-11-14(33)10-32/h1-9,14,32-33H,10-11H2,(H,29,34)(H,30,31). The van der Waals surface area contributed by atoms with E-state index in [2.05, 4.69) is 20.3 Å². The molecule has 0 saturated carbocycles. The maximum absolute atomic E-state index is 13.6. The smallest absolute Gasteiger partial charge is 0.417 e. The molecule has 182 valence electrons. The van der Waals surface area contributed by atoms with Crippen LogP contribution in [0.5, 0.6) is 5.75 Å². The van der Waals surface area contributed by atoms with Gasteiger partial charge < -0.3 is 25.3 Å². The Morgan fingerprint density at radius 3 is 2.74 bits per heavy atom. The minimum Gasteiger partial charge on any atom is -0.491 e.